The van der Waals surface area contributed by atoms with Crippen LogP contribution in [0.3, 0.4) is 0 Å². The molecular weight excluding hydrogens is 538 g/mol. The Labute approximate surface area is 235 Å². The van der Waals surface area contributed by atoms with E-state index >= 15 is 0 Å². The SMILES string of the molecule is COc1ccc(N(CC(=O)N(Cc2ccc(Cl)cc2)[C@H](Cc2ccccc2)C(=O)NC(C)C)S(C)(=O)=O)cc1. The molecule has 0 aliphatic carbocycles. The molecule has 0 aromatic heterocycles. The minimum atomic E-state index is -3.84. The molecule has 3 aromatic carbocycles. The van der Waals surface area contributed by atoms with E-state index in [1.54, 1.807) is 48.5 Å². The molecule has 0 fully saturated rings. The van der Waals surface area contributed by atoms with Crippen molar-refractivity contribution in [3.05, 3.63) is 95.0 Å². The highest BCUT2D eigenvalue weighted by atomic mass is 35.5. The van der Waals surface area contributed by atoms with Gasteiger partial charge in [0.1, 0.15) is 18.3 Å². The van der Waals surface area contributed by atoms with E-state index in [4.69, 9.17) is 16.3 Å². The average Bonchev–Trinajstić information content (AvgIpc) is 2.90. The molecule has 8 nitrogen and oxygen atoms in total. The Morgan fingerprint density at radius 3 is 2.08 bits per heavy atom. The highest BCUT2D eigenvalue weighted by Crippen LogP contribution is 2.23. The van der Waals surface area contributed by atoms with Gasteiger partial charge in [-0.1, -0.05) is 54.1 Å². The second-order valence-electron chi connectivity index (χ2n) is 9.48. The van der Waals surface area contributed by atoms with E-state index in [9.17, 15) is 18.0 Å². The van der Waals surface area contributed by atoms with Crippen LogP contribution in [0.2, 0.25) is 5.02 Å². The van der Waals surface area contributed by atoms with E-state index in [2.05, 4.69) is 5.32 Å². The first-order valence-corrected chi connectivity index (χ1v) is 14.7. The van der Waals surface area contributed by atoms with Crippen LogP contribution in [0.4, 0.5) is 5.69 Å². The van der Waals surface area contributed by atoms with Crippen molar-refractivity contribution in [2.45, 2.75) is 38.9 Å². The number of carbonyl (C=O) groups excluding carboxylic acids is 2. The van der Waals surface area contributed by atoms with Crippen LogP contribution in [0.1, 0.15) is 25.0 Å². The Kier molecular flexibility index (Phi) is 10.4. The number of nitrogens with zero attached hydrogens (tertiary/aromatic N) is 2. The van der Waals surface area contributed by atoms with Crippen LogP contribution in [0.5, 0.6) is 5.75 Å². The zero-order chi connectivity index (χ0) is 28.6. The first-order chi connectivity index (χ1) is 18.5. The molecule has 0 bridgehead atoms. The molecule has 0 saturated heterocycles. The van der Waals surface area contributed by atoms with Gasteiger partial charge in [-0.3, -0.25) is 13.9 Å². The number of amides is 2. The van der Waals surface area contributed by atoms with Crippen LogP contribution in [0.15, 0.2) is 78.9 Å². The second kappa shape index (κ2) is 13.5. The molecule has 3 rings (SSSR count). The smallest absolute Gasteiger partial charge is 0.244 e. The standard InChI is InChI=1S/C29H34ClN3O5S/c1-21(2)31-29(35)27(18-22-8-6-5-7-9-22)32(19-23-10-12-24(30)13-11-23)28(34)20-33(39(4,36)37)25-14-16-26(38-3)17-15-25/h5-17,21,27H,18-20H2,1-4H3,(H,31,35)/t27-/m1/s1. The van der Waals surface area contributed by atoms with Gasteiger partial charge in [0.25, 0.3) is 0 Å². The summed E-state index contributed by atoms with van der Waals surface area (Å²) in [7, 11) is -2.33. The molecule has 0 heterocycles. The average molecular weight is 572 g/mol. The van der Waals surface area contributed by atoms with Gasteiger partial charge >= 0.3 is 0 Å². The third-order valence-electron chi connectivity index (χ3n) is 6.01. The Morgan fingerprint density at radius 1 is 0.923 bits per heavy atom. The van der Waals surface area contributed by atoms with Crippen molar-refractivity contribution < 1.29 is 22.7 Å². The van der Waals surface area contributed by atoms with Gasteiger partial charge in [-0.25, -0.2) is 8.42 Å². The lowest BCUT2D eigenvalue weighted by Gasteiger charge is -2.34. The van der Waals surface area contributed by atoms with Gasteiger partial charge in [0.15, 0.2) is 0 Å². The minimum Gasteiger partial charge on any atom is -0.497 e. The third-order valence-corrected chi connectivity index (χ3v) is 7.40. The summed E-state index contributed by atoms with van der Waals surface area (Å²) in [6.45, 7) is 3.29. The number of rotatable bonds is 12. The van der Waals surface area contributed by atoms with E-state index in [1.165, 1.54) is 12.0 Å². The molecule has 208 valence electrons. The topological polar surface area (TPSA) is 96.0 Å². The Balaban J connectivity index is 2.03. The Morgan fingerprint density at radius 2 is 1.54 bits per heavy atom. The van der Waals surface area contributed by atoms with Crippen molar-refractivity contribution in [3.8, 4) is 5.75 Å². The van der Waals surface area contributed by atoms with Gasteiger partial charge < -0.3 is 15.0 Å². The van der Waals surface area contributed by atoms with Crippen LogP contribution < -0.4 is 14.4 Å². The monoisotopic (exact) mass is 571 g/mol. The number of anilines is 1. The molecule has 0 radical (unpaired) electrons. The van der Waals surface area contributed by atoms with Gasteiger partial charge in [0.05, 0.1) is 19.1 Å². The number of sulfonamides is 1. The summed E-state index contributed by atoms with van der Waals surface area (Å²) in [5.41, 5.74) is 1.92. The lowest BCUT2D eigenvalue weighted by Crippen LogP contribution is -2.54. The Hall–Kier alpha value is -3.56. The van der Waals surface area contributed by atoms with Crippen molar-refractivity contribution in [1.82, 2.24) is 10.2 Å². The molecule has 0 unspecified atom stereocenters. The van der Waals surface area contributed by atoms with Crippen molar-refractivity contribution in [2.75, 3.05) is 24.2 Å². The fourth-order valence-electron chi connectivity index (χ4n) is 4.08. The Bertz CT molecular complexity index is 1350. The quantitative estimate of drug-likeness (QED) is 0.350. The first-order valence-electron chi connectivity index (χ1n) is 12.5. The van der Waals surface area contributed by atoms with Gasteiger partial charge in [-0.2, -0.15) is 0 Å². The molecule has 3 aromatic rings. The fraction of sp³-hybridized carbons (Fsp3) is 0.310. The van der Waals surface area contributed by atoms with Crippen LogP contribution in [-0.4, -0.2) is 57.1 Å². The highest BCUT2D eigenvalue weighted by Gasteiger charge is 2.33. The van der Waals surface area contributed by atoms with Crippen molar-refractivity contribution in [2.24, 2.45) is 0 Å². The van der Waals surface area contributed by atoms with Gasteiger partial charge in [0.2, 0.25) is 21.8 Å². The summed E-state index contributed by atoms with van der Waals surface area (Å²) in [5.74, 6) is -0.297. The van der Waals surface area contributed by atoms with E-state index in [-0.39, 0.29) is 24.9 Å². The number of carbonyl (C=O) groups is 2. The lowest BCUT2D eigenvalue weighted by atomic mass is 10.0. The van der Waals surface area contributed by atoms with E-state index in [0.29, 0.717) is 16.5 Å². The molecule has 0 saturated carbocycles. The molecular formula is C29H34ClN3O5S. The maximum absolute atomic E-state index is 14.0. The molecule has 39 heavy (non-hydrogen) atoms. The number of ether oxygens (including phenoxy) is 1. The highest BCUT2D eigenvalue weighted by molar-refractivity contribution is 7.92. The molecule has 0 spiro atoms. The largest absolute Gasteiger partial charge is 0.497 e. The zero-order valence-corrected chi connectivity index (χ0v) is 24.1. The molecule has 1 N–H and O–H groups in total. The van der Waals surface area contributed by atoms with E-state index < -0.39 is 28.5 Å². The normalized spacial score (nSPS) is 12.1. The second-order valence-corrected chi connectivity index (χ2v) is 11.8. The van der Waals surface area contributed by atoms with E-state index in [0.717, 1.165) is 21.7 Å². The molecule has 1 atom stereocenters. The number of methoxy groups -OCH3 is 1. The summed E-state index contributed by atoms with van der Waals surface area (Å²) < 4.78 is 31.8. The number of halogens is 1. The maximum Gasteiger partial charge on any atom is 0.244 e. The summed E-state index contributed by atoms with van der Waals surface area (Å²) in [4.78, 5) is 28.9. The lowest BCUT2D eigenvalue weighted by molar-refractivity contribution is -0.140. The van der Waals surface area contributed by atoms with Crippen molar-refractivity contribution >= 4 is 39.1 Å². The van der Waals surface area contributed by atoms with Gasteiger partial charge in [0, 0.05) is 24.0 Å². The maximum atomic E-state index is 14.0. The number of benzene rings is 3. The predicted octanol–water partition coefficient (Wildman–Crippen LogP) is 4.28. The van der Waals surface area contributed by atoms with Crippen LogP contribution in [0, 0.1) is 0 Å². The van der Waals surface area contributed by atoms with Crippen LogP contribution >= 0.6 is 11.6 Å². The molecule has 0 aliphatic heterocycles. The summed E-state index contributed by atoms with van der Waals surface area (Å²) in [6.07, 6.45) is 1.29. The molecule has 0 aliphatic rings. The number of hydrogen-bond acceptors (Lipinski definition) is 5. The minimum absolute atomic E-state index is 0.0826. The summed E-state index contributed by atoms with van der Waals surface area (Å²) >= 11 is 6.07. The zero-order valence-electron chi connectivity index (χ0n) is 22.5. The van der Waals surface area contributed by atoms with Crippen molar-refractivity contribution in [1.29, 1.82) is 0 Å². The van der Waals surface area contributed by atoms with Gasteiger partial charge in [-0.15, -0.1) is 0 Å². The number of hydrogen-bond donors (Lipinski definition) is 1. The predicted molar refractivity (Wildman–Crippen MR) is 154 cm³/mol. The van der Waals surface area contributed by atoms with Crippen LogP contribution in [0.25, 0.3) is 0 Å². The fourth-order valence-corrected chi connectivity index (χ4v) is 5.06. The third kappa shape index (κ3) is 8.73. The first kappa shape index (κ1) is 30.0. The summed E-state index contributed by atoms with van der Waals surface area (Å²) in [6, 6.07) is 21.7. The van der Waals surface area contributed by atoms with Crippen molar-refractivity contribution in [3.63, 3.8) is 0 Å². The molecule has 10 heteroatoms. The van der Waals surface area contributed by atoms with Crippen LogP contribution in [-0.2, 0) is 32.6 Å². The number of nitrogens with one attached hydrogen (secondary N) is 1. The molecule has 2 amide bonds. The van der Waals surface area contributed by atoms with E-state index in [1.807, 2.05) is 44.2 Å². The van der Waals surface area contributed by atoms with Gasteiger partial charge in [-0.05, 0) is 61.4 Å². The summed E-state index contributed by atoms with van der Waals surface area (Å²) in [5, 5.41) is 3.46.